The Balaban J connectivity index is 1.29. The number of nitrogens with zero attached hydrogens (tertiary/aromatic N) is 5. The van der Waals surface area contributed by atoms with Gasteiger partial charge in [0.15, 0.2) is 5.82 Å². The molecule has 2 aliphatic rings. The molecule has 2 aromatic carbocycles. The Morgan fingerprint density at radius 2 is 1.93 bits per heavy atom. The van der Waals surface area contributed by atoms with Crippen LogP contribution in [-0.4, -0.2) is 57.3 Å². The Bertz CT molecular complexity index is 1040. The van der Waals surface area contributed by atoms with Crippen LogP contribution >= 0.6 is 0 Å². The average Bonchev–Trinajstić information content (AvgIpc) is 3.51. The number of benzene rings is 2. The highest BCUT2D eigenvalue weighted by Gasteiger charge is 2.28. The number of ether oxygens (including phenoxy) is 1. The number of amides is 1. The van der Waals surface area contributed by atoms with Crippen molar-refractivity contribution in [3.8, 4) is 11.4 Å². The summed E-state index contributed by atoms with van der Waals surface area (Å²) in [6.07, 6.45) is 2.21. The van der Waals surface area contributed by atoms with Crippen LogP contribution in [0.4, 0.5) is 5.69 Å². The summed E-state index contributed by atoms with van der Waals surface area (Å²) in [4.78, 5) is 15.2. The molecule has 3 aromatic rings. The van der Waals surface area contributed by atoms with Crippen molar-refractivity contribution in [2.45, 2.75) is 25.4 Å². The van der Waals surface area contributed by atoms with Crippen molar-refractivity contribution in [3.05, 3.63) is 59.7 Å². The van der Waals surface area contributed by atoms with E-state index in [4.69, 9.17) is 4.74 Å². The maximum Gasteiger partial charge on any atom is 0.255 e. The zero-order chi connectivity index (χ0) is 20.3. The minimum absolute atomic E-state index is 0.127. The minimum atomic E-state index is -0.127. The molecular formula is C22H24N6O2. The fraction of sp³-hybridized carbons (Fsp3) is 0.364. The molecule has 30 heavy (non-hydrogen) atoms. The van der Waals surface area contributed by atoms with Crippen LogP contribution in [0.1, 0.15) is 34.8 Å². The number of tetrazole rings is 1. The molecule has 1 aliphatic heterocycles. The summed E-state index contributed by atoms with van der Waals surface area (Å²) in [5.41, 5.74) is 3.39. The first kappa shape index (κ1) is 18.9. The van der Waals surface area contributed by atoms with Gasteiger partial charge in [0.1, 0.15) is 0 Å². The largest absolute Gasteiger partial charge is 0.379 e. The molecule has 1 aliphatic carbocycles. The number of carbonyl (C=O) groups is 1. The van der Waals surface area contributed by atoms with Gasteiger partial charge in [0.25, 0.3) is 5.91 Å². The number of hydrogen-bond acceptors (Lipinski definition) is 6. The molecular weight excluding hydrogens is 380 g/mol. The standard InChI is InChI=1S/C22H24N6O2/c29-22(18-5-1-3-16(13-18)15-27-9-11-30-12-10-27)23-19-6-2-4-17(14-19)21-24-25-26-28(21)20-7-8-20/h1-6,13-14,20H,7-12,15H2,(H,23,29). The predicted octanol–water partition coefficient (Wildman–Crippen LogP) is 2.76. The molecule has 0 bridgehead atoms. The van der Waals surface area contributed by atoms with Crippen molar-refractivity contribution < 1.29 is 9.53 Å². The Hall–Kier alpha value is -3.10. The van der Waals surface area contributed by atoms with E-state index in [1.54, 1.807) is 0 Å². The van der Waals surface area contributed by atoms with Crippen LogP contribution in [0.3, 0.4) is 0 Å². The first-order valence-electron chi connectivity index (χ1n) is 10.3. The number of rotatable bonds is 6. The molecule has 2 fully saturated rings. The molecule has 154 valence electrons. The third-order valence-electron chi connectivity index (χ3n) is 5.46. The second-order valence-corrected chi connectivity index (χ2v) is 7.80. The molecule has 0 atom stereocenters. The minimum Gasteiger partial charge on any atom is -0.379 e. The van der Waals surface area contributed by atoms with Gasteiger partial charge in [0, 0.05) is 36.4 Å². The van der Waals surface area contributed by atoms with Gasteiger partial charge in [-0.1, -0.05) is 24.3 Å². The lowest BCUT2D eigenvalue weighted by atomic mass is 10.1. The van der Waals surface area contributed by atoms with Crippen LogP contribution in [-0.2, 0) is 11.3 Å². The van der Waals surface area contributed by atoms with Gasteiger partial charge in [-0.25, -0.2) is 4.68 Å². The number of morpholine rings is 1. The molecule has 1 saturated carbocycles. The van der Waals surface area contributed by atoms with E-state index in [2.05, 4.69) is 31.8 Å². The number of aromatic nitrogens is 4. The first-order valence-corrected chi connectivity index (χ1v) is 10.3. The molecule has 2 heterocycles. The number of nitrogens with one attached hydrogen (secondary N) is 1. The van der Waals surface area contributed by atoms with E-state index in [0.717, 1.165) is 68.3 Å². The second-order valence-electron chi connectivity index (χ2n) is 7.80. The molecule has 0 unspecified atom stereocenters. The Morgan fingerprint density at radius 1 is 1.10 bits per heavy atom. The summed E-state index contributed by atoms with van der Waals surface area (Å²) in [7, 11) is 0. The smallest absolute Gasteiger partial charge is 0.255 e. The summed E-state index contributed by atoms with van der Waals surface area (Å²) >= 11 is 0. The van der Waals surface area contributed by atoms with Crippen LogP contribution in [0.15, 0.2) is 48.5 Å². The number of hydrogen-bond donors (Lipinski definition) is 1. The van der Waals surface area contributed by atoms with Gasteiger partial charge in [-0.2, -0.15) is 0 Å². The molecule has 0 spiro atoms. The Morgan fingerprint density at radius 3 is 2.77 bits per heavy atom. The van der Waals surface area contributed by atoms with E-state index < -0.39 is 0 Å². The fourth-order valence-electron chi connectivity index (χ4n) is 3.72. The first-order chi connectivity index (χ1) is 14.8. The highest BCUT2D eigenvalue weighted by Crippen LogP contribution is 2.36. The van der Waals surface area contributed by atoms with E-state index >= 15 is 0 Å². The molecule has 1 saturated heterocycles. The summed E-state index contributed by atoms with van der Waals surface area (Å²) < 4.78 is 7.28. The molecule has 5 rings (SSSR count). The van der Waals surface area contributed by atoms with Crippen LogP contribution in [0, 0.1) is 0 Å². The lowest BCUT2D eigenvalue weighted by Crippen LogP contribution is -2.35. The van der Waals surface area contributed by atoms with Gasteiger partial charge in [0.05, 0.1) is 19.3 Å². The Labute approximate surface area is 174 Å². The monoisotopic (exact) mass is 404 g/mol. The van der Waals surface area contributed by atoms with Crippen molar-refractivity contribution >= 4 is 11.6 Å². The maximum absolute atomic E-state index is 12.9. The van der Waals surface area contributed by atoms with Crippen molar-refractivity contribution in [1.82, 2.24) is 25.1 Å². The van der Waals surface area contributed by atoms with Gasteiger partial charge in [-0.15, -0.1) is 5.10 Å². The van der Waals surface area contributed by atoms with Crippen LogP contribution in [0.5, 0.6) is 0 Å². The summed E-state index contributed by atoms with van der Waals surface area (Å²) in [6, 6.07) is 15.9. The van der Waals surface area contributed by atoms with Crippen LogP contribution in [0.25, 0.3) is 11.4 Å². The third-order valence-corrected chi connectivity index (χ3v) is 5.46. The average molecular weight is 404 g/mol. The van der Waals surface area contributed by atoms with Gasteiger partial charge in [-0.3, -0.25) is 9.69 Å². The van der Waals surface area contributed by atoms with Crippen LogP contribution < -0.4 is 5.32 Å². The third kappa shape index (κ3) is 4.24. The normalized spacial score (nSPS) is 17.1. The molecule has 8 heteroatoms. The van der Waals surface area contributed by atoms with Crippen molar-refractivity contribution in [3.63, 3.8) is 0 Å². The molecule has 0 radical (unpaired) electrons. The lowest BCUT2D eigenvalue weighted by Gasteiger charge is -2.26. The zero-order valence-corrected chi connectivity index (χ0v) is 16.7. The zero-order valence-electron chi connectivity index (χ0n) is 16.7. The number of anilines is 1. The van der Waals surface area contributed by atoms with E-state index in [-0.39, 0.29) is 5.91 Å². The summed E-state index contributed by atoms with van der Waals surface area (Å²) in [5.74, 6) is 0.610. The summed E-state index contributed by atoms with van der Waals surface area (Å²) in [6.45, 7) is 4.19. The highest BCUT2D eigenvalue weighted by molar-refractivity contribution is 6.04. The van der Waals surface area contributed by atoms with Gasteiger partial charge >= 0.3 is 0 Å². The predicted molar refractivity (Wildman–Crippen MR) is 112 cm³/mol. The van der Waals surface area contributed by atoms with E-state index in [1.807, 2.05) is 47.1 Å². The second kappa shape index (κ2) is 8.33. The molecule has 1 N–H and O–H groups in total. The van der Waals surface area contributed by atoms with Crippen molar-refractivity contribution in [2.24, 2.45) is 0 Å². The van der Waals surface area contributed by atoms with Gasteiger partial charge < -0.3 is 10.1 Å². The maximum atomic E-state index is 12.9. The van der Waals surface area contributed by atoms with Crippen molar-refractivity contribution in [2.75, 3.05) is 31.6 Å². The van der Waals surface area contributed by atoms with E-state index in [0.29, 0.717) is 11.6 Å². The molecule has 1 amide bonds. The van der Waals surface area contributed by atoms with E-state index in [1.165, 1.54) is 0 Å². The van der Waals surface area contributed by atoms with Crippen molar-refractivity contribution in [1.29, 1.82) is 0 Å². The Kier molecular flexibility index (Phi) is 5.25. The van der Waals surface area contributed by atoms with E-state index in [9.17, 15) is 4.79 Å². The number of carbonyl (C=O) groups excluding carboxylic acids is 1. The lowest BCUT2D eigenvalue weighted by molar-refractivity contribution is 0.0342. The fourth-order valence-corrected chi connectivity index (χ4v) is 3.72. The highest BCUT2D eigenvalue weighted by atomic mass is 16.5. The van der Waals surface area contributed by atoms with Gasteiger partial charge in [-0.05, 0) is 53.1 Å². The molecule has 8 nitrogen and oxygen atoms in total. The SMILES string of the molecule is O=C(Nc1cccc(-c2nnnn2C2CC2)c1)c1cccc(CN2CCOCC2)c1. The van der Waals surface area contributed by atoms with Crippen LogP contribution in [0.2, 0.25) is 0 Å². The quantitative estimate of drug-likeness (QED) is 0.680. The van der Waals surface area contributed by atoms with Gasteiger partial charge in [0.2, 0.25) is 0 Å². The summed E-state index contributed by atoms with van der Waals surface area (Å²) in [5, 5.41) is 15.1. The topological polar surface area (TPSA) is 85.2 Å². The molecule has 1 aromatic heterocycles.